The number of hydrazine groups is 3. The van der Waals surface area contributed by atoms with Gasteiger partial charge in [0.2, 0.25) is 6.41 Å². The molecule has 0 fully saturated rings. The molecule has 0 radical (unpaired) electrons. The third kappa shape index (κ3) is 5.40. The van der Waals surface area contributed by atoms with Gasteiger partial charge in [0, 0.05) is 37.5 Å². The Bertz CT molecular complexity index is 1110. The molecule has 0 saturated heterocycles. The fraction of sp³-hybridized carbons (Fsp3) is 0.250. The third-order valence-corrected chi connectivity index (χ3v) is 5.19. The molecule has 3 aromatic rings. The van der Waals surface area contributed by atoms with Crippen molar-refractivity contribution in [2.24, 2.45) is 0 Å². The van der Waals surface area contributed by atoms with E-state index in [1.54, 1.807) is 12.1 Å². The van der Waals surface area contributed by atoms with Gasteiger partial charge in [0.15, 0.2) is 0 Å². The molecule has 0 saturated carbocycles. The number of pyridine rings is 1. The Balaban J connectivity index is 1.81. The number of hydrogen-bond donors (Lipinski definition) is 2. The predicted molar refractivity (Wildman–Crippen MR) is 123 cm³/mol. The van der Waals surface area contributed by atoms with Crippen LogP contribution in [0, 0.1) is 26.6 Å². The van der Waals surface area contributed by atoms with Crippen molar-refractivity contribution in [1.29, 1.82) is 0 Å². The number of ether oxygens (including phenoxy) is 1. The summed E-state index contributed by atoms with van der Waals surface area (Å²) in [4.78, 5) is 15.1. The Hall–Kier alpha value is -3.49. The molecule has 0 spiro atoms. The highest BCUT2D eigenvalue weighted by molar-refractivity contribution is 5.66. The second-order valence-corrected chi connectivity index (χ2v) is 7.65. The van der Waals surface area contributed by atoms with Gasteiger partial charge in [-0.05, 0) is 61.7 Å². The fourth-order valence-electron chi connectivity index (χ4n) is 3.35. The van der Waals surface area contributed by atoms with Crippen molar-refractivity contribution in [3.63, 3.8) is 0 Å². The molecule has 1 amide bonds. The molecule has 1 heterocycles. The van der Waals surface area contributed by atoms with Crippen LogP contribution in [0.15, 0.2) is 48.7 Å². The highest BCUT2D eigenvalue weighted by Gasteiger charge is 2.14. The van der Waals surface area contributed by atoms with Crippen LogP contribution in [0.25, 0.3) is 11.3 Å². The summed E-state index contributed by atoms with van der Waals surface area (Å²) in [5.74, 6) is 0.442. The van der Waals surface area contributed by atoms with E-state index >= 15 is 0 Å². The van der Waals surface area contributed by atoms with E-state index in [1.807, 2.05) is 58.2 Å². The minimum absolute atomic E-state index is 0.314. The van der Waals surface area contributed by atoms with Crippen molar-refractivity contribution >= 4 is 12.1 Å². The summed E-state index contributed by atoms with van der Waals surface area (Å²) in [6.45, 7) is 6.30. The number of nitrogens with one attached hydrogen (secondary N) is 2. The second kappa shape index (κ2) is 10.2. The number of carbonyl (C=O) groups excluding carboxylic acids is 1. The first-order valence-electron chi connectivity index (χ1n) is 10.2. The molecule has 0 aliphatic rings. The largest absolute Gasteiger partial charge is 0.489 e. The summed E-state index contributed by atoms with van der Waals surface area (Å²) in [5, 5.41) is 3.05. The molecule has 0 unspecified atom stereocenters. The lowest BCUT2D eigenvalue weighted by Gasteiger charge is -2.26. The van der Waals surface area contributed by atoms with E-state index in [9.17, 15) is 9.18 Å². The molecule has 32 heavy (non-hydrogen) atoms. The van der Waals surface area contributed by atoms with Crippen LogP contribution in [-0.2, 0) is 11.4 Å². The van der Waals surface area contributed by atoms with Crippen LogP contribution in [0.1, 0.15) is 22.3 Å². The number of carbonyl (C=O) groups is 1. The molecule has 7 nitrogen and oxygen atoms in total. The van der Waals surface area contributed by atoms with Gasteiger partial charge < -0.3 is 4.74 Å². The van der Waals surface area contributed by atoms with Gasteiger partial charge in [0.05, 0.1) is 11.4 Å². The zero-order valence-electron chi connectivity index (χ0n) is 18.9. The van der Waals surface area contributed by atoms with E-state index in [4.69, 9.17) is 4.74 Å². The molecule has 3 rings (SSSR count). The van der Waals surface area contributed by atoms with E-state index in [0.29, 0.717) is 18.7 Å². The van der Waals surface area contributed by atoms with Crippen molar-refractivity contribution in [2.75, 3.05) is 19.1 Å². The monoisotopic (exact) mass is 437 g/mol. The van der Waals surface area contributed by atoms with Gasteiger partial charge in [-0.3, -0.25) is 19.8 Å². The number of halogens is 1. The van der Waals surface area contributed by atoms with Gasteiger partial charge in [0.25, 0.3) is 0 Å². The summed E-state index contributed by atoms with van der Waals surface area (Å²) in [6, 6.07) is 12.7. The average molecular weight is 438 g/mol. The van der Waals surface area contributed by atoms with Crippen molar-refractivity contribution in [2.45, 2.75) is 27.4 Å². The number of aromatic nitrogens is 1. The van der Waals surface area contributed by atoms with Crippen LogP contribution >= 0.6 is 0 Å². The molecule has 1 aromatic heterocycles. The Morgan fingerprint density at radius 3 is 2.53 bits per heavy atom. The summed E-state index contributed by atoms with van der Waals surface area (Å²) in [6.07, 6.45) is 2.13. The molecule has 0 atom stereocenters. The first-order valence-corrected chi connectivity index (χ1v) is 10.2. The number of nitrogens with zero attached hydrogens (tertiary/aromatic N) is 3. The number of hydrogen-bond acceptors (Lipinski definition) is 6. The normalized spacial score (nSPS) is 10.7. The molecule has 168 valence electrons. The van der Waals surface area contributed by atoms with E-state index < -0.39 is 0 Å². The number of rotatable bonds is 9. The number of benzene rings is 2. The van der Waals surface area contributed by atoms with Crippen LogP contribution in [0.2, 0.25) is 0 Å². The molecular formula is C24H28FN5O2. The summed E-state index contributed by atoms with van der Waals surface area (Å²) >= 11 is 0. The molecule has 0 bridgehead atoms. The highest BCUT2D eigenvalue weighted by Crippen LogP contribution is 2.31. The topological polar surface area (TPSA) is 69.7 Å². The van der Waals surface area contributed by atoms with Gasteiger partial charge in [-0.2, -0.15) is 5.53 Å². The zero-order chi connectivity index (χ0) is 23.3. The van der Waals surface area contributed by atoms with Gasteiger partial charge in [-0.1, -0.05) is 12.1 Å². The lowest BCUT2D eigenvalue weighted by Crippen LogP contribution is -2.52. The predicted octanol–water partition coefficient (Wildman–Crippen LogP) is 3.84. The quantitative estimate of drug-likeness (QED) is 0.392. The average Bonchev–Trinajstić information content (AvgIpc) is 2.77. The minimum atomic E-state index is -0.314. The molecular weight excluding hydrogens is 409 g/mol. The summed E-state index contributed by atoms with van der Waals surface area (Å²) < 4.78 is 19.8. The SMILES string of the molecule is Cc1cc(-c2cc(F)ccn2)c(C)cc1OCc1c(C)cccc1N(C)NNN(C)C=O. The van der Waals surface area contributed by atoms with E-state index in [2.05, 4.69) is 16.1 Å². The maximum absolute atomic E-state index is 13.6. The lowest BCUT2D eigenvalue weighted by atomic mass is 10.0. The van der Waals surface area contributed by atoms with E-state index in [1.165, 1.54) is 23.3 Å². The van der Waals surface area contributed by atoms with Crippen LogP contribution in [0.5, 0.6) is 5.75 Å². The lowest BCUT2D eigenvalue weighted by molar-refractivity contribution is -0.120. The molecule has 8 heteroatoms. The Morgan fingerprint density at radius 1 is 1.03 bits per heavy atom. The van der Waals surface area contributed by atoms with E-state index in [0.717, 1.165) is 39.3 Å². The van der Waals surface area contributed by atoms with Crippen LogP contribution in [0.3, 0.4) is 0 Å². The maximum atomic E-state index is 13.6. The summed E-state index contributed by atoms with van der Waals surface area (Å²) in [5.41, 5.74) is 12.1. The Morgan fingerprint density at radius 2 is 1.81 bits per heavy atom. The van der Waals surface area contributed by atoms with Crippen LogP contribution < -0.4 is 20.8 Å². The van der Waals surface area contributed by atoms with Crippen molar-refractivity contribution in [3.8, 4) is 17.0 Å². The first-order chi connectivity index (χ1) is 15.3. The van der Waals surface area contributed by atoms with Gasteiger partial charge in [-0.15, -0.1) is 5.53 Å². The van der Waals surface area contributed by atoms with Crippen LogP contribution in [-0.4, -0.2) is 30.5 Å². The second-order valence-electron chi connectivity index (χ2n) is 7.65. The van der Waals surface area contributed by atoms with Crippen molar-refractivity contribution < 1.29 is 13.9 Å². The van der Waals surface area contributed by atoms with E-state index in [-0.39, 0.29) is 5.82 Å². The smallest absolute Gasteiger partial charge is 0.224 e. The Kier molecular flexibility index (Phi) is 7.40. The number of anilines is 1. The fourth-order valence-corrected chi connectivity index (χ4v) is 3.35. The maximum Gasteiger partial charge on any atom is 0.224 e. The van der Waals surface area contributed by atoms with Crippen molar-refractivity contribution in [3.05, 3.63) is 76.7 Å². The van der Waals surface area contributed by atoms with Crippen molar-refractivity contribution in [1.82, 2.24) is 21.1 Å². The molecule has 0 aliphatic carbocycles. The standard InChI is InChI=1S/C24H28FN5O2/c1-16-7-6-8-23(30(5)28-27-29(4)15-31)21(16)14-32-24-12-17(2)20(11-18(24)3)22-13-19(25)9-10-26-22/h6-13,15,27-28H,14H2,1-5H3. The van der Waals surface area contributed by atoms with Gasteiger partial charge >= 0.3 is 0 Å². The van der Waals surface area contributed by atoms with Gasteiger partial charge in [-0.25, -0.2) is 4.39 Å². The molecule has 2 aromatic carbocycles. The zero-order valence-corrected chi connectivity index (χ0v) is 18.9. The molecule has 0 aliphatic heterocycles. The Labute approximate surface area is 187 Å². The third-order valence-electron chi connectivity index (χ3n) is 5.19. The first kappa shape index (κ1) is 23.2. The highest BCUT2D eigenvalue weighted by atomic mass is 19.1. The van der Waals surface area contributed by atoms with Crippen LogP contribution in [0.4, 0.5) is 10.1 Å². The van der Waals surface area contributed by atoms with Gasteiger partial charge in [0.1, 0.15) is 18.2 Å². The summed E-state index contributed by atoms with van der Waals surface area (Å²) in [7, 11) is 3.45. The molecule has 2 N–H and O–H groups in total. The number of aryl methyl sites for hydroxylation is 3. The number of amides is 1. The minimum Gasteiger partial charge on any atom is -0.489 e.